The van der Waals surface area contributed by atoms with Crippen molar-refractivity contribution in [2.24, 2.45) is 5.92 Å². The molecule has 1 aliphatic rings. The van der Waals surface area contributed by atoms with Crippen LogP contribution < -0.4 is 0 Å². The van der Waals surface area contributed by atoms with Crippen molar-refractivity contribution in [1.29, 1.82) is 0 Å². The second kappa shape index (κ2) is 8.37. The zero-order valence-corrected chi connectivity index (χ0v) is 16.1. The highest BCUT2D eigenvalue weighted by Gasteiger charge is 2.46. The highest BCUT2D eigenvalue weighted by atomic mass is 32.1. The Hall–Kier alpha value is -1.96. The number of halogens is 2. The van der Waals surface area contributed by atoms with Gasteiger partial charge in [-0.25, -0.2) is 9.48 Å². The molecule has 0 spiro atoms. The number of rotatable bonds is 5. The molecule has 0 aliphatic heterocycles. The lowest BCUT2D eigenvalue weighted by molar-refractivity contribution is -0.0751. The normalized spacial score (nSPS) is 19.0. The van der Waals surface area contributed by atoms with Crippen LogP contribution in [-0.4, -0.2) is 33.8 Å². The molecule has 1 aromatic carbocycles. The van der Waals surface area contributed by atoms with Crippen molar-refractivity contribution in [3.8, 4) is 0 Å². The Morgan fingerprint density at radius 3 is 2.74 bits per heavy atom. The monoisotopic (exact) mass is 395 g/mol. The molecule has 27 heavy (non-hydrogen) atoms. The van der Waals surface area contributed by atoms with Crippen molar-refractivity contribution in [2.45, 2.75) is 44.6 Å². The Balaban J connectivity index is 1.85. The van der Waals surface area contributed by atoms with Crippen LogP contribution in [0, 0.1) is 5.92 Å². The molecule has 1 aromatic heterocycles. The summed E-state index contributed by atoms with van der Waals surface area (Å²) in [5, 5.41) is 7.77. The van der Waals surface area contributed by atoms with Gasteiger partial charge in [0.05, 0.1) is 24.9 Å². The molecule has 0 radical (unpaired) electrons. The molecule has 1 atom stereocenters. The number of thiol groups is 1. The van der Waals surface area contributed by atoms with Gasteiger partial charge in [0.25, 0.3) is 5.92 Å². The predicted molar refractivity (Wildman–Crippen MR) is 100 cm³/mol. The zero-order valence-electron chi connectivity index (χ0n) is 15.2. The average Bonchev–Trinajstić information content (AvgIpc) is 3.06. The molecule has 0 fully saturated rings. The molecule has 3 rings (SSSR count). The number of ether oxygens (including phenoxy) is 1. The molecule has 0 bridgehead atoms. The van der Waals surface area contributed by atoms with E-state index >= 15 is 8.78 Å². The third-order valence-electron chi connectivity index (χ3n) is 5.05. The van der Waals surface area contributed by atoms with E-state index in [4.69, 9.17) is 0 Å². The standard InChI is InChI=1S/C19H23F2N3O2S/c1-26-18(25)14-8-6-13(7-9-14)12-15-4-2-3-5-16-17(19(15,20)21)22-23-24(16)10-11-27/h6-9,15,27H,2-5,10-12H2,1H3. The van der Waals surface area contributed by atoms with E-state index < -0.39 is 17.8 Å². The fourth-order valence-corrected chi connectivity index (χ4v) is 3.77. The summed E-state index contributed by atoms with van der Waals surface area (Å²) in [7, 11) is 1.31. The molecule has 1 aliphatic carbocycles. The SMILES string of the molecule is COC(=O)c1ccc(CC2CCCCc3c(nnn3CCS)C2(F)F)cc1. The van der Waals surface area contributed by atoms with E-state index in [0.29, 0.717) is 36.4 Å². The van der Waals surface area contributed by atoms with Crippen molar-refractivity contribution in [3.05, 3.63) is 46.8 Å². The Labute approximate surface area is 162 Å². The van der Waals surface area contributed by atoms with Gasteiger partial charge in [-0.15, -0.1) is 5.10 Å². The Morgan fingerprint density at radius 2 is 2.07 bits per heavy atom. The van der Waals surface area contributed by atoms with Crippen molar-refractivity contribution in [2.75, 3.05) is 12.9 Å². The van der Waals surface area contributed by atoms with Gasteiger partial charge in [-0.05, 0) is 43.4 Å². The van der Waals surface area contributed by atoms with Crippen LogP contribution >= 0.6 is 12.6 Å². The number of benzene rings is 1. The maximum Gasteiger partial charge on any atom is 0.337 e. The summed E-state index contributed by atoms with van der Waals surface area (Å²) in [5.41, 5.74) is 1.50. The van der Waals surface area contributed by atoms with Crippen LogP contribution in [0.2, 0.25) is 0 Å². The number of fused-ring (bicyclic) bond motifs is 1. The van der Waals surface area contributed by atoms with E-state index in [-0.39, 0.29) is 12.1 Å². The smallest absolute Gasteiger partial charge is 0.337 e. The number of carbonyl (C=O) groups is 1. The van der Waals surface area contributed by atoms with E-state index in [1.807, 2.05) is 0 Å². The third kappa shape index (κ3) is 4.15. The third-order valence-corrected chi connectivity index (χ3v) is 5.25. The first kappa shape index (κ1) is 19.8. The van der Waals surface area contributed by atoms with Crippen molar-refractivity contribution in [3.63, 3.8) is 0 Å². The summed E-state index contributed by atoms with van der Waals surface area (Å²) < 4.78 is 36.8. The molecule has 0 amide bonds. The van der Waals surface area contributed by atoms with E-state index in [1.54, 1.807) is 28.9 Å². The fraction of sp³-hybridized carbons (Fsp3) is 0.526. The molecular formula is C19H23F2N3O2S. The second-order valence-corrected chi connectivity index (χ2v) is 7.24. The number of esters is 1. The van der Waals surface area contributed by atoms with E-state index in [0.717, 1.165) is 18.4 Å². The minimum Gasteiger partial charge on any atom is -0.465 e. The molecule has 1 heterocycles. The average molecular weight is 395 g/mol. The highest BCUT2D eigenvalue weighted by molar-refractivity contribution is 7.80. The van der Waals surface area contributed by atoms with Gasteiger partial charge in [-0.2, -0.15) is 21.4 Å². The molecular weight excluding hydrogens is 372 g/mol. The maximum absolute atomic E-state index is 15.3. The summed E-state index contributed by atoms with van der Waals surface area (Å²) >= 11 is 4.17. The Bertz CT molecular complexity index is 793. The Morgan fingerprint density at radius 1 is 1.33 bits per heavy atom. The Kier molecular flexibility index (Phi) is 6.14. The minimum absolute atomic E-state index is 0.194. The number of alkyl halides is 2. The number of hydrogen-bond acceptors (Lipinski definition) is 5. The van der Waals surface area contributed by atoms with Crippen LogP contribution in [0.3, 0.4) is 0 Å². The summed E-state index contributed by atoms with van der Waals surface area (Å²) in [5.74, 6) is -3.83. The van der Waals surface area contributed by atoms with Crippen LogP contribution in [0.4, 0.5) is 8.78 Å². The molecule has 5 nitrogen and oxygen atoms in total. The van der Waals surface area contributed by atoms with Crippen LogP contribution in [0.5, 0.6) is 0 Å². The van der Waals surface area contributed by atoms with Crippen LogP contribution in [0.25, 0.3) is 0 Å². The number of aromatic nitrogens is 3. The summed E-state index contributed by atoms with van der Waals surface area (Å²) in [6.45, 7) is 0.473. The fourth-order valence-electron chi connectivity index (χ4n) is 3.58. The van der Waals surface area contributed by atoms with Gasteiger partial charge < -0.3 is 4.74 Å². The van der Waals surface area contributed by atoms with Gasteiger partial charge >= 0.3 is 5.97 Å². The molecule has 2 aromatic rings. The molecule has 8 heteroatoms. The maximum atomic E-state index is 15.3. The molecule has 0 saturated carbocycles. The van der Waals surface area contributed by atoms with Gasteiger partial charge in [-0.3, -0.25) is 0 Å². The van der Waals surface area contributed by atoms with Crippen LogP contribution in [0.1, 0.15) is 46.6 Å². The number of nitrogens with zero attached hydrogens (tertiary/aromatic N) is 3. The van der Waals surface area contributed by atoms with E-state index in [2.05, 4.69) is 27.7 Å². The summed E-state index contributed by atoms with van der Waals surface area (Å²) in [6.07, 6.45) is 2.76. The number of methoxy groups -OCH3 is 1. The van der Waals surface area contributed by atoms with Crippen LogP contribution in [0.15, 0.2) is 24.3 Å². The van der Waals surface area contributed by atoms with Gasteiger partial charge in [-0.1, -0.05) is 23.8 Å². The van der Waals surface area contributed by atoms with Gasteiger partial charge in [0.1, 0.15) is 0 Å². The van der Waals surface area contributed by atoms with Crippen molar-refractivity contribution >= 4 is 18.6 Å². The molecule has 1 unspecified atom stereocenters. The number of aryl methyl sites for hydroxylation is 1. The number of carbonyl (C=O) groups excluding carboxylic acids is 1. The first-order valence-corrected chi connectivity index (χ1v) is 9.69. The van der Waals surface area contributed by atoms with Crippen LogP contribution in [-0.2, 0) is 30.0 Å². The topological polar surface area (TPSA) is 57.0 Å². The molecule has 0 N–H and O–H groups in total. The van der Waals surface area contributed by atoms with E-state index in [1.165, 1.54) is 7.11 Å². The van der Waals surface area contributed by atoms with Crippen molar-refractivity contribution in [1.82, 2.24) is 15.0 Å². The molecule has 0 saturated heterocycles. The predicted octanol–water partition coefficient (Wildman–Crippen LogP) is 3.67. The summed E-state index contributed by atoms with van der Waals surface area (Å²) in [6, 6.07) is 6.63. The summed E-state index contributed by atoms with van der Waals surface area (Å²) in [4.78, 5) is 11.5. The number of hydrogen-bond donors (Lipinski definition) is 1. The van der Waals surface area contributed by atoms with Gasteiger partial charge in [0.2, 0.25) is 0 Å². The first-order chi connectivity index (χ1) is 13.0. The van der Waals surface area contributed by atoms with Gasteiger partial charge in [0.15, 0.2) is 5.69 Å². The first-order valence-electron chi connectivity index (χ1n) is 9.06. The van der Waals surface area contributed by atoms with Gasteiger partial charge in [0, 0.05) is 11.7 Å². The van der Waals surface area contributed by atoms with E-state index in [9.17, 15) is 4.79 Å². The largest absolute Gasteiger partial charge is 0.465 e. The lowest BCUT2D eigenvalue weighted by Crippen LogP contribution is -2.31. The molecule has 146 valence electrons. The minimum atomic E-state index is -3.05. The highest BCUT2D eigenvalue weighted by Crippen LogP contribution is 2.42. The zero-order chi connectivity index (χ0) is 19.4. The quantitative estimate of drug-likeness (QED) is 0.620. The lowest BCUT2D eigenvalue weighted by Gasteiger charge is -2.28. The lowest BCUT2D eigenvalue weighted by atomic mass is 9.83. The van der Waals surface area contributed by atoms with Crippen molar-refractivity contribution < 1.29 is 18.3 Å². The second-order valence-electron chi connectivity index (χ2n) is 6.79.